The van der Waals surface area contributed by atoms with Crippen LogP contribution < -0.4 is 11.5 Å². The van der Waals surface area contributed by atoms with E-state index in [1.165, 1.54) is 0 Å². The van der Waals surface area contributed by atoms with Crippen LogP contribution in [0.4, 0.5) is 0 Å². The number of thioether (sulfide) groups is 1. The average molecular weight is 271 g/mol. The van der Waals surface area contributed by atoms with Gasteiger partial charge in [0.1, 0.15) is 4.34 Å². The lowest BCUT2D eigenvalue weighted by atomic mass is 9.82. The smallest absolute Gasteiger partial charge is 0.237 e. The first kappa shape index (κ1) is 12.9. The number of thiazole rings is 1. The Morgan fingerprint density at radius 3 is 3.06 bits per heavy atom. The summed E-state index contributed by atoms with van der Waals surface area (Å²) in [6.07, 6.45) is 3.40. The molecular weight excluding hydrogens is 254 g/mol. The Morgan fingerprint density at radius 2 is 2.47 bits per heavy atom. The molecule has 0 radical (unpaired) electrons. The van der Waals surface area contributed by atoms with Crippen LogP contribution in [0.1, 0.15) is 31.4 Å². The predicted octanol–water partition coefficient (Wildman–Crippen LogP) is 1.67. The summed E-state index contributed by atoms with van der Waals surface area (Å²) in [6.45, 7) is 1.98. The third-order valence-corrected chi connectivity index (χ3v) is 5.45. The van der Waals surface area contributed by atoms with Crippen molar-refractivity contribution in [1.82, 2.24) is 4.98 Å². The molecule has 1 fully saturated rings. The molecule has 0 aromatic carbocycles. The summed E-state index contributed by atoms with van der Waals surface area (Å²) in [7, 11) is 0. The first-order valence-electron chi connectivity index (χ1n) is 5.67. The van der Waals surface area contributed by atoms with Crippen LogP contribution in [0.5, 0.6) is 0 Å². The van der Waals surface area contributed by atoms with Crippen LogP contribution >= 0.6 is 23.1 Å². The lowest BCUT2D eigenvalue weighted by Crippen LogP contribution is -2.55. The SMILES string of the molecule is Cc1csc(SC2CCCC(N)(C(N)=O)C2)n1. The van der Waals surface area contributed by atoms with Crippen molar-refractivity contribution < 1.29 is 4.79 Å². The van der Waals surface area contributed by atoms with Crippen molar-refractivity contribution in [3.8, 4) is 0 Å². The molecule has 2 rings (SSSR count). The number of aromatic nitrogens is 1. The number of aryl methyl sites for hydroxylation is 1. The van der Waals surface area contributed by atoms with Crippen molar-refractivity contribution in [1.29, 1.82) is 0 Å². The van der Waals surface area contributed by atoms with Gasteiger partial charge in [-0.3, -0.25) is 4.79 Å². The van der Waals surface area contributed by atoms with E-state index < -0.39 is 5.54 Å². The van der Waals surface area contributed by atoms with Crippen LogP contribution in [-0.2, 0) is 4.79 Å². The standard InChI is InChI=1S/C11H17N3OS2/c1-7-6-16-10(14-7)17-8-3-2-4-11(13,5-8)9(12)15/h6,8H,2-5,13H2,1H3,(H2,12,15). The molecule has 1 saturated carbocycles. The zero-order valence-electron chi connectivity index (χ0n) is 9.81. The summed E-state index contributed by atoms with van der Waals surface area (Å²) in [5.74, 6) is -0.377. The fourth-order valence-corrected chi connectivity index (χ4v) is 4.55. The molecule has 4 nitrogen and oxygen atoms in total. The number of carbonyl (C=O) groups is 1. The van der Waals surface area contributed by atoms with E-state index in [1.807, 2.05) is 12.3 Å². The molecule has 1 amide bonds. The molecule has 0 saturated heterocycles. The monoisotopic (exact) mass is 271 g/mol. The molecule has 0 bridgehead atoms. The van der Waals surface area contributed by atoms with Crippen molar-refractivity contribution in [2.45, 2.75) is 47.7 Å². The maximum absolute atomic E-state index is 11.4. The first-order chi connectivity index (χ1) is 7.99. The molecule has 1 heterocycles. The first-order valence-corrected chi connectivity index (χ1v) is 7.43. The maximum Gasteiger partial charge on any atom is 0.237 e. The minimum Gasteiger partial charge on any atom is -0.368 e. The Balaban J connectivity index is 2.00. The Labute approximate surface area is 109 Å². The minimum absolute atomic E-state index is 0.354. The molecular formula is C11H17N3OS2. The fourth-order valence-electron chi connectivity index (χ4n) is 2.11. The van der Waals surface area contributed by atoms with Gasteiger partial charge in [-0.1, -0.05) is 11.8 Å². The highest BCUT2D eigenvalue weighted by Gasteiger charge is 2.38. The molecule has 1 aliphatic carbocycles. The Hall–Kier alpha value is -0.590. The summed E-state index contributed by atoms with van der Waals surface area (Å²) in [6, 6.07) is 0. The zero-order chi connectivity index (χ0) is 12.5. The lowest BCUT2D eigenvalue weighted by molar-refractivity contribution is -0.124. The van der Waals surface area contributed by atoms with Gasteiger partial charge >= 0.3 is 0 Å². The fraction of sp³-hybridized carbons (Fsp3) is 0.636. The highest BCUT2D eigenvalue weighted by atomic mass is 32.2. The van der Waals surface area contributed by atoms with Gasteiger partial charge in [0.15, 0.2) is 0 Å². The van der Waals surface area contributed by atoms with Gasteiger partial charge in [0.05, 0.1) is 5.54 Å². The van der Waals surface area contributed by atoms with Crippen molar-refractivity contribution in [2.24, 2.45) is 11.5 Å². The minimum atomic E-state index is -0.817. The number of nitrogens with two attached hydrogens (primary N) is 2. The van der Waals surface area contributed by atoms with E-state index >= 15 is 0 Å². The van der Waals surface area contributed by atoms with Crippen LogP contribution in [0.3, 0.4) is 0 Å². The van der Waals surface area contributed by atoms with Gasteiger partial charge < -0.3 is 11.5 Å². The number of carbonyl (C=O) groups excluding carboxylic acids is 1. The topological polar surface area (TPSA) is 82.0 Å². The van der Waals surface area contributed by atoms with Crippen molar-refractivity contribution in [2.75, 3.05) is 0 Å². The van der Waals surface area contributed by atoms with Gasteiger partial charge in [-0.05, 0) is 32.6 Å². The molecule has 2 atom stereocenters. The quantitative estimate of drug-likeness (QED) is 0.876. The Morgan fingerprint density at radius 1 is 1.71 bits per heavy atom. The van der Waals surface area contributed by atoms with Gasteiger partial charge in [-0.15, -0.1) is 11.3 Å². The van der Waals surface area contributed by atoms with E-state index in [2.05, 4.69) is 4.98 Å². The van der Waals surface area contributed by atoms with E-state index in [1.54, 1.807) is 23.1 Å². The van der Waals surface area contributed by atoms with E-state index in [4.69, 9.17) is 11.5 Å². The number of nitrogens with zero attached hydrogens (tertiary/aromatic N) is 1. The number of rotatable bonds is 3. The van der Waals surface area contributed by atoms with Crippen molar-refractivity contribution in [3.05, 3.63) is 11.1 Å². The molecule has 2 unspecified atom stereocenters. The van der Waals surface area contributed by atoms with E-state index in [-0.39, 0.29) is 5.91 Å². The lowest BCUT2D eigenvalue weighted by Gasteiger charge is -2.34. The normalized spacial score (nSPS) is 29.2. The van der Waals surface area contributed by atoms with E-state index in [9.17, 15) is 4.79 Å². The number of amides is 1. The second-order valence-electron chi connectivity index (χ2n) is 4.61. The summed E-state index contributed by atoms with van der Waals surface area (Å²) >= 11 is 3.37. The van der Waals surface area contributed by atoms with Crippen LogP contribution in [0.25, 0.3) is 0 Å². The Kier molecular flexibility index (Phi) is 3.75. The van der Waals surface area contributed by atoms with Crippen LogP contribution in [0.2, 0.25) is 0 Å². The van der Waals surface area contributed by atoms with Gasteiger partial charge in [-0.25, -0.2) is 4.98 Å². The van der Waals surface area contributed by atoms with Gasteiger partial charge in [-0.2, -0.15) is 0 Å². The number of primary amides is 1. The molecule has 6 heteroatoms. The van der Waals surface area contributed by atoms with Crippen LogP contribution in [0, 0.1) is 6.92 Å². The zero-order valence-corrected chi connectivity index (χ0v) is 11.4. The highest BCUT2D eigenvalue weighted by Crippen LogP contribution is 2.38. The number of hydrogen-bond donors (Lipinski definition) is 2. The number of hydrogen-bond acceptors (Lipinski definition) is 5. The molecule has 17 heavy (non-hydrogen) atoms. The predicted molar refractivity (Wildman–Crippen MR) is 71.1 cm³/mol. The van der Waals surface area contributed by atoms with Gasteiger partial charge in [0.2, 0.25) is 5.91 Å². The molecule has 1 aliphatic rings. The largest absolute Gasteiger partial charge is 0.368 e. The van der Waals surface area contributed by atoms with Gasteiger partial charge in [0, 0.05) is 16.3 Å². The molecule has 1 aromatic heterocycles. The molecule has 0 spiro atoms. The van der Waals surface area contributed by atoms with Crippen molar-refractivity contribution in [3.63, 3.8) is 0 Å². The van der Waals surface area contributed by atoms with Crippen molar-refractivity contribution >= 4 is 29.0 Å². The maximum atomic E-state index is 11.4. The van der Waals surface area contributed by atoms with Crippen LogP contribution in [0.15, 0.2) is 9.72 Å². The Bertz CT molecular complexity index is 421. The summed E-state index contributed by atoms with van der Waals surface area (Å²) < 4.78 is 1.06. The van der Waals surface area contributed by atoms with E-state index in [0.29, 0.717) is 18.1 Å². The second-order valence-corrected chi connectivity index (χ2v) is 7.02. The highest BCUT2D eigenvalue weighted by molar-refractivity contribution is 8.01. The average Bonchev–Trinajstić information content (AvgIpc) is 2.64. The molecule has 94 valence electrons. The summed E-state index contributed by atoms with van der Waals surface area (Å²) in [5.41, 5.74) is 11.6. The molecule has 1 aromatic rings. The second kappa shape index (κ2) is 4.96. The molecule has 0 aliphatic heterocycles. The summed E-state index contributed by atoms with van der Waals surface area (Å²) in [5, 5.41) is 2.39. The third kappa shape index (κ3) is 3.00. The molecule has 4 N–H and O–H groups in total. The van der Waals surface area contributed by atoms with E-state index in [0.717, 1.165) is 22.9 Å². The third-order valence-electron chi connectivity index (χ3n) is 3.10. The van der Waals surface area contributed by atoms with Gasteiger partial charge in [0.25, 0.3) is 0 Å². The van der Waals surface area contributed by atoms with Crippen LogP contribution in [-0.4, -0.2) is 21.7 Å². The summed E-state index contributed by atoms with van der Waals surface area (Å²) in [4.78, 5) is 15.8.